The van der Waals surface area contributed by atoms with E-state index in [1.165, 1.54) is 22.4 Å². The van der Waals surface area contributed by atoms with Crippen molar-refractivity contribution in [3.63, 3.8) is 0 Å². The molecule has 9 heteroatoms. The molecule has 0 aliphatic rings. The zero-order valence-electron chi connectivity index (χ0n) is 14.9. The molecule has 0 saturated carbocycles. The maximum atomic E-state index is 13.5. The molecule has 0 unspecified atom stereocenters. The van der Waals surface area contributed by atoms with E-state index >= 15 is 0 Å². The molecule has 0 aliphatic heterocycles. The Morgan fingerprint density at radius 2 is 1.82 bits per heavy atom. The number of thiophene rings is 1. The summed E-state index contributed by atoms with van der Waals surface area (Å²) in [6, 6.07) is 11.6. The van der Waals surface area contributed by atoms with Crippen LogP contribution in [0.25, 0.3) is 5.69 Å². The molecule has 0 radical (unpaired) electrons. The lowest BCUT2D eigenvalue weighted by atomic mass is 10.2. The van der Waals surface area contributed by atoms with Gasteiger partial charge in [-0.2, -0.15) is 13.2 Å². The van der Waals surface area contributed by atoms with Gasteiger partial charge in [0.05, 0.1) is 16.3 Å². The number of hydrogen-bond acceptors (Lipinski definition) is 4. The first kappa shape index (κ1) is 19.7. The van der Waals surface area contributed by atoms with Gasteiger partial charge in [-0.05, 0) is 30.5 Å². The molecule has 0 spiro atoms. The van der Waals surface area contributed by atoms with Gasteiger partial charge in [0.2, 0.25) is 0 Å². The number of ketones is 1. The summed E-state index contributed by atoms with van der Waals surface area (Å²) in [6.07, 6.45) is -4.36. The minimum atomic E-state index is -4.83. The lowest BCUT2D eigenvalue weighted by Gasteiger charge is -2.13. The van der Waals surface area contributed by atoms with Crippen LogP contribution < -0.4 is 10.9 Å². The number of para-hydroxylation sites is 1. The third-order valence-corrected chi connectivity index (χ3v) is 5.04. The Morgan fingerprint density at radius 3 is 2.39 bits per heavy atom. The zero-order chi connectivity index (χ0) is 20.5. The van der Waals surface area contributed by atoms with Crippen molar-refractivity contribution in [2.45, 2.75) is 13.1 Å². The minimum Gasteiger partial charge on any atom is -0.345 e. The van der Waals surface area contributed by atoms with E-state index < -0.39 is 23.2 Å². The van der Waals surface area contributed by atoms with Crippen LogP contribution in [0.15, 0.2) is 64.4 Å². The molecule has 0 saturated heterocycles. The van der Waals surface area contributed by atoms with E-state index in [0.717, 1.165) is 11.3 Å². The first-order valence-electron chi connectivity index (χ1n) is 8.18. The molecule has 3 aromatic rings. The van der Waals surface area contributed by atoms with Crippen LogP contribution in [0.5, 0.6) is 0 Å². The predicted octanol–water partition coefficient (Wildman–Crippen LogP) is 4.29. The number of alkyl halides is 3. The third kappa shape index (κ3) is 3.79. The van der Waals surface area contributed by atoms with Crippen LogP contribution in [0.2, 0.25) is 0 Å². The van der Waals surface area contributed by atoms with Crippen molar-refractivity contribution in [3.8, 4) is 5.69 Å². The van der Waals surface area contributed by atoms with E-state index in [9.17, 15) is 22.8 Å². The molecule has 0 amide bonds. The average Bonchev–Trinajstić information content (AvgIpc) is 3.25. The highest BCUT2D eigenvalue weighted by Gasteiger charge is 2.36. The van der Waals surface area contributed by atoms with Crippen LogP contribution in [-0.4, -0.2) is 21.3 Å². The Kier molecular flexibility index (Phi) is 5.28. The normalized spacial score (nSPS) is 12.2. The monoisotopic (exact) mass is 407 g/mol. The van der Waals surface area contributed by atoms with Gasteiger partial charge in [0.15, 0.2) is 5.78 Å². The van der Waals surface area contributed by atoms with Gasteiger partial charge in [-0.15, -0.1) is 11.3 Å². The maximum Gasteiger partial charge on any atom is 0.431 e. The largest absolute Gasteiger partial charge is 0.431 e. The van der Waals surface area contributed by atoms with Gasteiger partial charge in [-0.1, -0.05) is 24.3 Å². The van der Waals surface area contributed by atoms with E-state index in [1.807, 2.05) is 0 Å². The number of nitrogens with zero attached hydrogens (tertiary/aromatic N) is 2. The van der Waals surface area contributed by atoms with Gasteiger partial charge in [0.1, 0.15) is 11.4 Å². The Bertz CT molecular complexity index is 1080. The quantitative estimate of drug-likeness (QED) is 0.507. The summed E-state index contributed by atoms with van der Waals surface area (Å²) in [6.45, 7) is 1.53. The van der Waals surface area contributed by atoms with Crippen LogP contribution in [0.4, 0.5) is 18.9 Å². The lowest BCUT2D eigenvalue weighted by Crippen LogP contribution is -2.25. The number of carbonyl (C=O) groups is 1. The number of allylic oxidation sites excluding steroid dienone is 2. The molecule has 1 N–H and O–H groups in total. The fourth-order valence-corrected chi connectivity index (χ4v) is 3.29. The van der Waals surface area contributed by atoms with Crippen LogP contribution in [0.1, 0.15) is 15.4 Å². The summed E-state index contributed by atoms with van der Waals surface area (Å²) in [7, 11) is 1.57. The lowest BCUT2D eigenvalue weighted by molar-refractivity contribution is -0.0903. The van der Waals surface area contributed by atoms with Crippen LogP contribution in [0.3, 0.4) is 0 Å². The molecule has 146 valence electrons. The number of aromatic nitrogens is 2. The molecule has 2 heterocycles. The highest BCUT2D eigenvalue weighted by Crippen LogP contribution is 2.28. The zero-order valence-corrected chi connectivity index (χ0v) is 15.8. The van der Waals surface area contributed by atoms with Gasteiger partial charge in [0, 0.05) is 13.1 Å². The second-order valence-corrected chi connectivity index (χ2v) is 6.91. The van der Waals surface area contributed by atoms with Crippen molar-refractivity contribution < 1.29 is 18.0 Å². The van der Waals surface area contributed by atoms with E-state index in [2.05, 4.69) is 5.32 Å². The molecule has 0 atom stereocenters. The molecule has 0 fully saturated rings. The number of nitrogens with one attached hydrogen (secondary N) is 1. The second kappa shape index (κ2) is 7.51. The number of benzene rings is 1. The molecule has 3 rings (SSSR count). The Morgan fingerprint density at radius 1 is 1.14 bits per heavy atom. The first-order valence-corrected chi connectivity index (χ1v) is 9.06. The van der Waals surface area contributed by atoms with Gasteiger partial charge in [0.25, 0.3) is 5.56 Å². The van der Waals surface area contributed by atoms with Crippen LogP contribution >= 0.6 is 11.3 Å². The van der Waals surface area contributed by atoms with Crippen molar-refractivity contribution in [1.82, 2.24) is 9.36 Å². The summed E-state index contributed by atoms with van der Waals surface area (Å²) in [5.41, 5.74) is -1.37. The summed E-state index contributed by atoms with van der Waals surface area (Å²) in [4.78, 5) is 25.1. The fraction of sp³-hybridized carbons (Fsp3) is 0.158. The number of rotatable bonds is 5. The van der Waals surface area contributed by atoms with Crippen molar-refractivity contribution in [1.29, 1.82) is 0 Å². The molecule has 1 aromatic carbocycles. The van der Waals surface area contributed by atoms with Crippen molar-refractivity contribution in [3.05, 3.63) is 80.5 Å². The summed E-state index contributed by atoms with van der Waals surface area (Å²) in [5, 5.41) is 3.74. The van der Waals surface area contributed by atoms with Gasteiger partial charge in [-0.25, -0.2) is 4.68 Å². The van der Waals surface area contributed by atoms with E-state index in [0.29, 0.717) is 17.5 Å². The first-order chi connectivity index (χ1) is 13.2. The smallest absolute Gasteiger partial charge is 0.345 e. The molecular formula is C19H16F3N3O2S. The summed E-state index contributed by atoms with van der Waals surface area (Å²) in [5.74, 6) is -0.785. The average molecular weight is 407 g/mol. The van der Waals surface area contributed by atoms with Crippen molar-refractivity contribution >= 4 is 22.8 Å². The van der Waals surface area contributed by atoms with Gasteiger partial charge >= 0.3 is 6.18 Å². The number of anilines is 1. The van der Waals surface area contributed by atoms with Gasteiger partial charge in [-0.3, -0.25) is 14.3 Å². The second-order valence-electron chi connectivity index (χ2n) is 5.96. The van der Waals surface area contributed by atoms with Crippen LogP contribution in [-0.2, 0) is 7.05 Å². The Hall–Kier alpha value is -3.07. The summed E-state index contributed by atoms with van der Waals surface area (Å²) < 4.78 is 43.2. The summed E-state index contributed by atoms with van der Waals surface area (Å²) >= 11 is 1.04. The highest BCUT2D eigenvalue weighted by molar-refractivity contribution is 7.12. The molecular weight excluding hydrogens is 391 g/mol. The highest BCUT2D eigenvalue weighted by atomic mass is 32.1. The molecule has 0 aliphatic carbocycles. The standard InChI is InChI=1S/C19H16F3N3O2S/c1-12-17(18(27)25(24(12)2)13-7-4-3-5-8-13)23-16(19(20,21)22)11-14(26)15-9-6-10-28-15/h3-11,23H,1-2H3/b16-11+. The van der Waals surface area contributed by atoms with E-state index in [4.69, 9.17) is 0 Å². The van der Waals surface area contributed by atoms with Gasteiger partial charge < -0.3 is 5.32 Å². The predicted molar refractivity (Wildman–Crippen MR) is 102 cm³/mol. The van der Waals surface area contributed by atoms with E-state index in [-0.39, 0.29) is 10.6 Å². The Labute approximate surface area is 162 Å². The minimum absolute atomic E-state index is 0.176. The Balaban J connectivity index is 2.05. The molecule has 5 nitrogen and oxygen atoms in total. The van der Waals surface area contributed by atoms with E-state index in [1.54, 1.807) is 48.8 Å². The maximum absolute atomic E-state index is 13.5. The van der Waals surface area contributed by atoms with Crippen molar-refractivity contribution in [2.75, 3.05) is 5.32 Å². The molecule has 28 heavy (non-hydrogen) atoms. The van der Waals surface area contributed by atoms with Crippen LogP contribution in [0, 0.1) is 6.92 Å². The third-order valence-electron chi connectivity index (χ3n) is 4.16. The molecule has 0 bridgehead atoms. The van der Waals surface area contributed by atoms with Crippen molar-refractivity contribution in [2.24, 2.45) is 7.05 Å². The fourth-order valence-electron chi connectivity index (χ4n) is 2.66. The number of halogens is 3. The molecule has 2 aromatic heterocycles. The number of hydrogen-bond donors (Lipinski definition) is 1. The SMILES string of the molecule is Cc1c(N/C(=C/C(=O)c2cccs2)C(F)(F)F)c(=O)n(-c2ccccc2)n1C. The number of carbonyl (C=O) groups excluding carboxylic acids is 1. The topological polar surface area (TPSA) is 56.0 Å².